The fraction of sp³-hybridized carbons (Fsp3) is 0.0400. The molecule has 0 aliphatic rings. The van der Waals surface area contributed by atoms with Crippen LogP contribution >= 0.6 is 11.3 Å². The monoisotopic (exact) mass is 417 g/mol. The van der Waals surface area contributed by atoms with Crippen molar-refractivity contribution in [1.82, 2.24) is 9.55 Å². The van der Waals surface area contributed by atoms with Gasteiger partial charge in [-0.15, -0.1) is 11.3 Å². The van der Waals surface area contributed by atoms with Crippen molar-refractivity contribution in [3.05, 3.63) is 83.2 Å². The number of rotatable bonds is 4. The van der Waals surface area contributed by atoms with Gasteiger partial charge in [0, 0.05) is 23.1 Å². The van der Waals surface area contributed by atoms with Gasteiger partial charge in [0.25, 0.3) is 0 Å². The van der Waals surface area contributed by atoms with Crippen molar-refractivity contribution in [2.75, 3.05) is 0 Å². The van der Waals surface area contributed by atoms with Gasteiger partial charge in [-0.3, -0.25) is 0 Å². The normalized spacial score (nSPS) is 10.0. The second kappa shape index (κ2) is 8.51. The van der Waals surface area contributed by atoms with Gasteiger partial charge in [-0.05, 0) is 12.1 Å². The van der Waals surface area contributed by atoms with Crippen molar-refractivity contribution in [3.8, 4) is 51.4 Å². The van der Waals surface area contributed by atoms with Crippen molar-refractivity contribution >= 4 is 16.9 Å². The molecule has 5 nitrogen and oxygen atoms in total. The topological polar surface area (TPSA) is 89.2 Å². The van der Waals surface area contributed by atoms with Gasteiger partial charge in [0.1, 0.15) is 23.8 Å². The van der Waals surface area contributed by atoms with E-state index in [0.29, 0.717) is 4.88 Å². The van der Waals surface area contributed by atoms with Crippen molar-refractivity contribution in [2.45, 2.75) is 0 Å². The van der Waals surface area contributed by atoms with E-state index in [1.165, 1.54) is 11.3 Å². The Morgan fingerprint density at radius 2 is 1.42 bits per heavy atom. The van der Waals surface area contributed by atoms with Crippen LogP contribution in [0.25, 0.3) is 38.8 Å². The van der Waals surface area contributed by atoms with Gasteiger partial charge in [-0.1, -0.05) is 60.7 Å². The quantitative estimate of drug-likeness (QED) is 0.392. The number of hydrogen-bond acceptors (Lipinski definition) is 5. The van der Waals surface area contributed by atoms with Crippen LogP contribution in [0.4, 0.5) is 0 Å². The highest BCUT2D eigenvalue weighted by atomic mass is 32.1. The van der Waals surface area contributed by atoms with Gasteiger partial charge in [0.2, 0.25) is 0 Å². The first-order chi connectivity index (χ1) is 15.2. The van der Waals surface area contributed by atoms with Gasteiger partial charge in [0.15, 0.2) is 5.82 Å². The van der Waals surface area contributed by atoms with E-state index in [4.69, 9.17) is 15.5 Å². The van der Waals surface area contributed by atoms with E-state index in [1.54, 1.807) is 18.2 Å². The average Bonchev–Trinajstić information content (AvgIpc) is 3.43. The molecule has 0 bridgehead atoms. The van der Waals surface area contributed by atoms with E-state index in [9.17, 15) is 5.26 Å². The van der Waals surface area contributed by atoms with E-state index in [0.717, 1.165) is 33.2 Å². The fourth-order valence-corrected chi connectivity index (χ4v) is 4.44. The highest BCUT2D eigenvalue weighted by molar-refractivity contribution is 7.16. The molecule has 6 heteroatoms. The Bertz CT molecular complexity index is 1390. The minimum atomic E-state index is -0.189. The maximum absolute atomic E-state index is 9.47. The Morgan fingerprint density at radius 1 is 0.806 bits per heavy atom. The molecule has 2 heterocycles. The second-order valence-corrected chi connectivity index (χ2v) is 7.76. The lowest BCUT2D eigenvalue weighted by atomic mass is 10.1. The SMILES string of the molecule is Cn1c(-c2ccc(C(C#N)=C(C#N)C#N)s2)nc(-c2ccccc2)c1-c1ccccc1. The third kappa shape index (κ3) is 3.63. The zero-order valence-electron chi connectivity index (χ0n) is 16.6. The molecule has 0 spiro atoms. The van der Waals surface area contributed by atoms with Crippen molar-refractivity contribution in [2.24, 2.45) is 7.05 Å². The highest BCUT2D eigenvalue weighted by Crippen LogP contribution is 2.38. The van der Waals surface area contributed by atoms with Crippen LogP contribution in [0, 0.1) is 34.0 Å². The van der Waals surface area contributed by atoms with Crippen LogP contribution in [0.5, 0.6) is 0 Å². The largest absolute Gasteiger partial charge is 0.326 e. The maximum atomic E-state index is 9.47. The van der Waals surface area contributed by atoms with Crippen LogP contribution in [-0.2, 0) is 7.05 Å². The Kier molecular flexibility index (Phi) is 5.45. The predicted molar refractivity (Wildman–Crippen MR) is 121 cm³/mol. The van der Waals surface area contributed by atoms with Gasteiger partial charge in [-0.2, -0.15) is 15.8 Å². The Labute approximate surface area is 184 Å². The molecule has 0 unspecified atom stereocenters. The van der Waals surface area contributed by atoms with E-state index in [2.05, 4.69) is 12.1 Å². The van der Waals surface area contributed by atoms with Crippen LogP contribution in [-0.4, -0.2) is 9.55 Å². The van der Waals surface area contributed by atoms with Crippen LogP contribution in [0.2, 0.25) is 0 Å². The lowest BCUT2D eigenvalue weighted by Gasteiger charge is -2.07. The van der Waals surface area contributed by atoms with Crippen molar-refractivity contribution in [3.63, 3.8) is 0 Å². The van der Waals surface area contributed by atoms with Gasteiger partial charge >= 0.3 is 0 Å². The average molecular weight is 417 g/mol. The molecule has 0 aliphatic carbocycles. The Hall–Kier alpha value is -4.44. The molecule has 0 fully saturated rings. The first kappa shape index (κ1) is 19.9. The Balaban J connectivity index is 1.91. The zero-order valence-corrected chi connectivity index (χ0v) is 17.4. The molecule has 2 aromatic carbocycles. The summed E-state index contributed by atoms with van der Waals surface area (Å²) in [6.07, 6.45) is 0. The molecule has 0 saturated heterocycles. The molecule has 0 saturated carbocycles. The zero-order chi connectivity index (χ0) is 21.8. The van der Waals surface area contributed by atoms with Gasteiger partial charge in [-0.25, -0.2) is 4.98 Å². The number of nitriles is 3. The highest BCUT2D eigenvalue weighted by Gasteiger charge is 2.21. The molecule has 31 heavy (non-hydrogen) atoms. The molecule has 146 valence electrons. The molecule has 0 radical (unpaired) electrons. The van der Waals surface area contributed by atoms with Crippen molar-refractivity contribution < 1.29 is 0 Å². The molecule has 0 atom stereocenters. The fourth-order valence-electron chi connectivity index (χ4n) is 3.41. The molecular formula is C25H15N5S. The van der Waals surface area contributed by atoms with Crippen molar-refractivity contribution in [1.29, 1.82) is 15.8 Å². The first-order valence-corrected chi connectivity index (χ1v) is 10.2. The summed E-state index contributed by atoms with van der Waals surface area (Å²) >= 11 is 1.34. The van der Waals surface area contributed by atoms with Gasteiger partial charge < -0.3 is 4.57 Å². The summed E-state index contributed by atoms with van der Waals surface area (Å²) in [4.78, 5) is 6.37. The number of hydrogen-bond donors (Lipinski definition) is 0. The summed E-state index contributed by atoms with van der Waals surface area (Å²) in [5.74, 6) is 0.752. The first-order valence-electron chi connectivity index (χ1n) is 9.40. The summed E-state index contributed by atoms with van der Waals surface area (Å²) < 4.78 is 2.04. The standard InChI is InChI=1S/C25H15N5S/c1-30-24(18-10-6-3-7-11-18)23(17-8-4-2-5-9-17)29-25(30)22-13-12-21(31-22)20(16-28)19(14-26)15-27/h2-13H,1H3. The predicted octanol–water partition coefficient (Wildman–Crippen LogP) is 5.81. The molecular weight excluding hydrogens is 402 g/mol. The van der Waals surface area contributed by atoms with E-state index in [1.807, 2.05) is 72.3 Å². The molecule has 0 aliphatic heterocycles. The number of allylic oxidation sites excluding steroid dienone is 2. The van der Waals surface area contributed by atoms with E-state index in [-0.39, 0.29) is 11.1 Å². The summed E-state index contributed by atoms with van der Waals surface area (Å²) in [5.41, 5.74) is 3.81. The minimum Gasteiger partial charge on any atom is -0.326 e. The van der Waals surface area contributed by atoms with E-state index < -0.39 is 0 Å². The number of benzene rings is 2. The lowest BCUT2D eigenvalue weighted by Crippen LogP contribution is -1.94. The second-order valence-electron chi connectivity index (χ2n) is 6.67. The van der Waals surface area contributed by atoms with Crippen LogP contribution in [0.3, 0.4) is 0 Å². The third-order valence-corrected chi connectivity index (χ3v) is 5.95. The van der Waals surface area contributed by atoms with Gasteiger partial charge in [0.05, 0.1) is 21.8 Å². The van der Waals surface area contributed by atoms with Crippen LogP contribution in [0.1, 0.15) is 4.88 Å². The smallest absolute Gasteiger partial charge is 0.151 e. The molecule has 4 rings (SSSR count). The number of imidazole rings is 1. The third-order valence-electron chi connectivity index (χ3n) is 4.85. The molecule has 4 aromatic rings. The lowest BCUT2D eigenvalue weighted by molar-refractivity contribution is 0.936. The summed E-state index contributed by atoms with van der Waals surface area (Å²) in [5, 5.41) is 27.8. The Morgan fingerprint density at radius 3 is 2.00 bits per heavy atom. The number of thiophene rings is 1. The molecule has 0 N–H and O–H groups in total. The summed E-state index contributed by atoms with van der Waals surface area (Å²) in [7, 11) is 1.97. The number of nitrogens with zero attached hydrogens (tertiary/aromatic N) is 5. The summed E-state index contributed by atoms with van der Waals surface area (Å²) in [6.45, 7) is 0. The van der Waals surface area contributed by atoms with Crippen LogP contribution < -0.4 is 0 Å². The molecule has 0 amide bonds. The maximum Gasteiger partial charge on any atom is 0.151 e. The molecule has 2 aromatic heterocycles. The minimum absolute atomic E-state index is 0.0852. The number of aromatic nitrogens is 2. The van der Waals surface area contributed by atoms with Crippen LogP contribution in [0.15, 0.2) is 78.4 Å². The van der Waals surface area contributed by atoms with E-state index >= 15 is 0 Å². The summed E-state index contributed by atoms with van der Waals surface area (Å²) in [6, 6.07) is 29.3.